The summed E-state index contributed by atoms with van der Waals surface area (Å²) >= 11 is 11.8. The standard InChI is InChI=1S/C8H6BrClN2OS2/c9-3-1-4(14-7(3)10)6(13)5-2-12-8(11)15-5/h1-2,6,13H,(H2,11,12). The van der Waals surface area contributed by atoms with Crippen molar-refractivity contribution >= 4 is 55.3 Å². The van der Waals surface area contributed by atoms with E-state index >= 15 is 0 Å². The molecule has 1 unspecified atom stereocenters. The van der Waals surface area contributed by atoms with Crippen molar-refractivity contribution in [2.24, 2.45) is 0 Å². The van der Waals surface area contributed by atoms with Gasteiger partial charge in [-0.2, -0.15) is 0 Å². The number of hydrogen-bond acceptors (Lipinski definition) is 5. The second kappa shape index (κ2) is 4.39. The van der Waals surface area contributed by atoms with Gasteiger partial charge in [-0.3, -0.25) is 0 Å². The highest BCUT2D eigenvalue weighted by Gasteiger charge is 2.17. The Morgan fingerprint density at radius 3 is 2.67 bits per heavy atom. The normalized spacial score (nSPS) is 13.0. The van der Waals surface area contributed by atoms with Gasteiger partial charge < -0.3 is 10.8 Å². The third kappa shape index (κ3) is 2.34. The van der Waals surface area contributed by atoms with Gasteiger partial charge in [-0.1, -0.05) is 22.9 Å². The number of thiazole rings is 1. The molecule has 0 fully saturated rings. The number of aromatic nitrogens is 1. The van der Waals surface area contributed by atoms with Crippen molar-refractivity contribution in [3.05, 3.63) is 30.8 Å². The molecule has 1 atom stereocenters. The van der Waals surface area contributed by atoms with E-state index in [4.69, 9.17) is 17.3 Å². The van der Waals surface area contributed by atoms with E-state index in [9.17, 15) is 5.11 Å². The minimum absolute atomic E-state index is 0.450. The average molecular weight is 326 g/mol. The van der Waals surface area contributed by atoms with Crippen LogP contribution in [0.15, 0.2) is 16.7 Å². The Balaban J connectivity index is 2.31. The van der Waals surface area contributed by atoms with E-state index in [1.54, 1.807) is 12.3 Å². The van der Waals surface area contributed by atoms with Crippen LogP contribution in [0.3, 0.4) is 0 Å². The number of anilines is 1. The van der Waals surface area contributed by atoms with E-state index in [1.807, 2.05) is 0 Å². The molecule has 0 saturated carbocycles. The van der Waals surface area contributed by atoms with Crippen LogP contribution in [0.4, 0.5) is 5.13 Å². The first-order chi connectivity index (χ1) is 7.08. The fourth-order valence-electron chi connectivity index (χ4n) is 1.07. The Morgan fingerprint density at radius 1 is 1.47 bits per heavy atom. The third-order valence-electron chi connectivity index (χ3n) is 1.74. The van der Waals surface area contributed by atoms with Crippen molar-refractivity contribution in [1.29, 1.82) is 0 Å². The number of thiophene rings is 1. The maximum absolute atomic E-state index is 9.99. The molecule has 2 aromatic rings. The highest BCUT2D eigenvalue weighted by Crippen LogP contribution is 2.38. The first kappa shape index (κ1) is 11.3. The van der Waals surface area contributed by atoms with E-state index in [-0.39, 0.29) is 0 Å². The van der Waals surface area contributed by atoms with Crippen molar-refractivity contribution in [2.45, 2.75) is 6.10 Å². The van der Waals surface area contributed by atoms with E-state index in [2.05, 4.69) is 20.9 Å². The maximum Gasteiger partial charge on any atom is 0.180 e. The Hall–Kier alpha value is -0.140. The molecule has 7 heteroatoms. The maximum atomic E-state index is 9.99. The molecule has 0 aliphatic heterocycles. The van der Waals surface area contributed by atoms with Crippen LogP contribution in [0.1, 0.15) is 15.9 Å². The zero-order chi connectivity index (χ0) is 11.0. The Morgan fingerprint density at radius 2 is 2.20 bits per heavy atom. The summed E-state index contributed by atoms with van der Waals surface area (Å²) in [7, 11) is 0. The third-order valence-corrected chi connectivity index (χ3v) is 5.15. The Kier molecular flexibility index (Phi) is 3.32. The van der Waals surface area contributed by atoms with Crippen molar-refractivity contribution in [3.8, 4) is 0 Å². The van der Waals surface area contributed by atoms with Crippen molar-refractivity contribution < 1.29 is 5.11 Å². The van der Waals surface area contributed by atoms with Crippen LogP contribution in [-0.2, 0) is 0 Å². The van der Waals surface area contributed by atoms with E-state index in [1.165, 1.54) is 22.7 Å². The van der Waals surface area contributed by atoms with Gasteiger partial charge in [0.15, 0.2) is 5.13 Å². The summed E-state index contributed by atoms with van der Waals surface area (Å²) in [6.45, 7) is 0. The van der Waals surface area contributed by atoms with Crippen LogP contribution in [0.25, 0.3) is 0 Å². The molecule has 3 N–H and O–H groups in total. The number of rotatable bonds is 2. The van der Waals surface area contributed by atoms with Crippen LogP contribution in [-0.4, -0.2) is 10.1 Å². The van der Waals surface area contributed by atoms with E-state index < -0.39 is 6.10 Å². The van der Waals surface area contributed by atoms with Gasteiger partial charge in [0, 0.05) is 15.5 Å². The van der Waals surface area contributed by atoms with Gasteiger partial charge in [0.2, 0.25) is 0 Å². The highest BCUT2D eigenvalue weighted by atomic mass is 79.9. The van der Waals surface area contributed by atoms with Crippen LogP contribution < -0.4 is 5.73 Å². The monoisotopic (exact) mass is 324 g/mol. The van der Waals surface area contributed by atoms with Gasteiger partial charge in [-0.25, -0.2) is 4.98 Å². The molecule has 0 aliphatic rings. The van der Waals surface area contributed by atoms with Gasteiger partial charge >= 0.3 is 0 Å². The van der Waals surface area contributed by atoms with Crippen LogP contribution in [0.2, 0.25) is 4.34 Å². The lowest BCUT2D eigenvalue weighted by Gasteiger charge is -2.03. The van der Waals surface area contributed by atoms with Crippen molar-refractivity contribution in [1.82, 2.24) is 4.98 Å². The lowest BCUT2D eigenvalue weighted by Crippen LogP contribution is -1.92. The molecule has 0 amide bonds. The Labute approximate surface area is 108 Å². The van der Waals surface area contributed by atoms with Gasteiger partial charge in [-0.15, -0.1) is 11.3 Å². The predicted octanol–water partition coefficient (Wildman–Crippen LogP) is 3.28. The van der Waals surface area contributed by atoms with Crippen LogP contribution in [0, 0.1) is 0 Å². The minimum atomic E-state index is -0.700. The SMILES string of the molecule is Nc1ncc(C(O)c2cc(Br)c(Cl)s2)s1. The van der Waals surface area contributed by atoms with Gasteiger partial charge in [0.25, 0.3) is 0 Å². The summed E-state index contributed by atoms with van der Waals surface area (Å²) in [5.74, 6) is 0. The second-order valence-electron chi connectivity index (χ2n) is 2.77. The lowest BCUT2D eigenvalue weighted by molar-refractivity contribution is 0.228. The summed E-state index contributed by atoms with van der Waals surface area (Å²) in [6.07, 6.45) is 0.875. The van der Waals surface area contributed by atoms with E-state index in [0.29, 0.717) is 9.47 Å². The number of nitrogens with zero attached hydrogens (tertiary/aromatic N) is 1. The molecule has 0 aromatic carbocycles. The number of aliphatic hydroxyl groups excluding tert-OH is 1. The van der Waals surface area contributed by atoms with Crippen molar-refractivity contribution in [2.75, 3.05) is 5.73 Å². The molecular formula is C8H6BrClN2OS2. The number of halogens is 2. The molecule has 0 bridgehead atoms. The predicted molar refractivity (Wildman–Crippen MR) is 67.6 cm³/mol. The number of nitrogens with two attached hydrogens (primary N) is 1. The molecule has 0 saturated heterocycles. The van der Waals surface area contributed by atoms with Gasteiger partial charge in [0.1, 0.15) is 10.4 Å². The quantitative estimate of drug-likeness (QED) is 0.891. The summed E-state index contributed by atoms with van der Waals surface area (Å²) < 4.78 is 1.42. The molecule has 15 heavy (non-hydrogen) atoms. The second-order valence-corrected chi connectivity index (χ2v) is 6.41. The Bertz CT molecular complexity index is 465. The fraction of sp³-hybridized carbons (Fsp3) is 0.125. The van der Waals surface area contributed by atoms with E-state index in [0.717, 1.165) is 14.2 Å². The number of nitrogen functional groups attached to an aromatic ring is 1. The molecule has 3 nitrogen and oxygen atoms in total. The molecule has 2 heterocycles. The number of hydrogen-bond donors (Lipinski definition) is 2. The van der Waals surface area contributed by atoms with Crippen LogP contribution >= 0.6 is 50.2 Å². The molecule has 2 aromatic heterocycles. The zero-order valence-corrected chi connectivity index (χ0v) is 11.3. The summed E-state index contributed by atoms with van der Waals surface area (Å²) in [6, 6.07) is 1.80. The lowest BCUT2D eigenvalue weighted by atomic mass is 10.3. The molecule has 80 valence electrons. The minimum Gasteiger partial charge on any atom is -0.382 e. The summed E-state index contributed by atoms with van der Waals surface area (Å²) in [4.78, 5) is 5.38. The first-order valence-electron chi connectivity index (χ1n) is 3.92. The van der Waals surface area contributed by atoms with Gasteiger partial charge in [-0.05, 0) is 22.0 Å². The molecule has 0 aliphatic carbocycles. The summed E-state index contributed by atoms with van der Waals surface area (Å²) in [5.41, 5.74) is 5.49. The van der Waals surface area contributed by atoms with Gasteiger partial charge in [0.05, 0.1) is 4.88 Å². The topological polar surface area (TPSA) is 59.1 Å². The first-order valence-corrected chi connectivity index (χ1v) is 6.72. The highest BCUT2D eigenvalue weighted by molar-refractivity contribution is 9.10. The molecular weight excluding hydrogens is 320 g/mol. The summed E-state index contributed by atoms with van der Waals surface area (Å²) in [5, 5.41) is 10.4. The molecule has 0 radical (unpaired) electrons. The molecule has 0 spiro atoms. The zero-order valence-electron chi connectivity index (χ0n) is 7.28. The number of aliphatic hydroxyl groups is 1. The average Bonchev–Trinajstić information content (AvgIpc) is 2.74. The van der Waals surface area contributed by atoms with Crippen molar-refractivity contribution in [3.63, 3.8) is 0 Å². The smallest absolute Gasteiger partial charge is 0.180 e. The van der Waals surface area contributed by atoms with Crippen LogP contribution in [0.5, 0.6) is 0 Å². The fourth-order valence-corrected chi connectivity index (χ4v) is 3.57. The largest absolute Gasteiger partial charge is 0.382 e. The molecule has 2 rings (SSSR count).